The highest BCUT2D eigenvalue weighted by atomic mass is 19.4. The zero-order valence-electron chi connectivity index (χ0n) is 23.0. The van der Waals surface area contributed by atoms with E-state index in [0.29, 0.717) is 49.4 Å². The smallest absolute Gasteiger partial charge is 0.475 e. The highest BCUT2D eigenvalue weighted by molar-refractivity contribution is 6.07. The third-order valence-electron chi connectivity index (χ3n) is 7.02. The molecule has 0 spiro atoms. The molecule has 232 valence electrons. The van der Waals surface area contributed by atoms with Crippen molar-refractivity contribution in [3.63, 3.8) is 0 Å². The van der Waals surface area contributed by atoms with E-state index >= 15 is 0 Å². The van der Waals surface area contributed by atoms with E-state index in [9.17, 15) is 22.8 Å². The minimum Gasteiger partial charge on any atom is -0.475 e. The number of carbonyl (C=O) groups is 3. The molecule has 14 nitrogen and oxygen atoms in total. The first-order valence-electron chi connectivity index (χ1n) is 13.1. The number of hydrogen-bond acceptors (Lipinski definition) is 6. The van der Waals surface area contributed by atoms with Crippen molar-refractivity contribution in [2.75, 3.05) is 36.8 Å². The maximum Gasteiger partial charge on any atom is 0.490 e. The van der Waals surface area contributed by atoms with Crippen LogP contribution in [0.25, 0.3) is 0 Å². The number of nitrogens with one attached hydrogen (secondary N) is 5. The van der Waals surface area contributed by atoms with E-state index in [0.717, 1.165) is 11.1 Å². The molecule has 0 atom stereocenters. The number of halogens is 3. The van der Waals surface area contributed by atoms with E-state index in [1.807, 2.05) is 48.5 Å². The number of carboxylic acid groups (broad SMARTS) is 1. The zero-order valence-corrected chi connectivity index (χ0v) is 23.0. The number of rotatable bonds is 6. The number of carboxylic acids is 1. The number of H-pyrrole nitrogens is 1. The monoisotopic (exact) mass is 614 g/mol. The van der Waals surface area contributed by atoms with Gasteiger partial charge in [0.05, 0.1) is 0 Å². The standard InChI is InChI=1S/C25H28N10O2.C2HF3O2/c26-24(27)34-10-16(11-34)14-1-5-18(6-2-14)30-22(36)20-9-21(33-32-20)23(37)31-19-7-3-15(4-8-19)17-12-35(13-17)25(28)29;3-2(4,5)1(6)7/h1-9,16-17H,10-13H2,(H3,26,27)(H3,28,29)(H,30,36)(H,31,37)(H,32,33);(H,6,7). The molecular weight excluding hydrogens is 585 g/mol. The predicted octanol–water partition coefficient (Wildman–Crippen LogP) is 2.13. The van der Waals surface area contributed by atoms with E-state index in [2.05, 4.69) is 20.8 Å². The Bertz CT molecular complexity index is 1440. The van der Waals surface area contributed by atoms with Gasteiger partial charge in [0.1, 0.15) is 5.69 Å². The Kier molecular flexibility index (Phi) is 9.06. The van der Waals surface area contributed by atoms with E-state index in [1.165, 1.54) is 6.07 Å². The number of benzene rings is 2. The second kappa shape index (κ2) is 12.7. The fourth-order valence-corrected chi connectivity index (χ4v) is 4.40. The number of guanidine groups is 2. The number of carbonyl (C=O) groups excluding carboxylic acids is 2. The lowest BCUT2D eigenvalue weighted by molar-refractivity contribution is -0.192. The Morgan fingerprint density at radius 1 is 0.818 bits per heavy atom. The summed E-state index contributed by atoms with van der Waals surface area (Å²) in [5.74, 6) is -2.81. The third kappa shape index (κ3) is 7.61. The first-order valence-corrected chi connectivity index (χ1v) is 13.1. The van der Waals surface area contributed by atoms with Crippen LogP contribution in [0.3, 0.4) is 0 Å². The molecule has 2 saturated heterocycles. The maximum atomic E-state index is 12.6. The first-order chi connectivity index (χ1) is 20.7. The van der Waals surface area contributed by atoms with Crippen molar-refractivity contribution in [1.29, 1.82) is 10.8 Å². The molecule has 2 aliphatic rings. The fraction of sp³-hybridized carbons (Fsp3) is 0.259. The van der Waals surface area contributed by atoms with Crippen LogP contribution in [0.1, 0.15) is 43.9 Å². The molecule has 10 N–H and O–H groups in total. The lowest BCUT2D eigenvalue weighted by Gasteiger charge is -2.39. The van der Waals surface area contributed by atoms with Crippen LogP contribution in [0, 0.1) is 10.8 Å². The van der Waals surface area contributed by atoms with E-state index in [-0.39, 0.29) is 23.3 Å². The summed E-state index contributed by atoms with van der Waals surface area (Å²) in [5, 5.41) is 34.2. The van der Waals surface area contributed by atoms with Gasteiger partial charge in [-0.2, -0.15) is 18.3 Å². The minimum atomic E-state index is -5.08. The van der Waals surface area contributed by atoms with Crippen molar-refractivity contribution in [1.82, 2.24) is 20.0 Å². The van der Waals surface area contributed by atoms with Gasteiger partial charge in [0.25, 0.3) is 11.8 Å². The molecule has 0 radical (unpaired) electrons. The number of likely N-dealkylation sites (tertiary alicyclic amines) is 2. The average Bonchev–Trinajstić information content (AvgIpc) is 3.39. The van der Waals surface area contributed by atoms with Crippen molar-refractivity contribution < 1.29 is 32.7 Å². The van der Waals surface area contributed by atoms with Gasteiger partial charge in [-0.3, -0.25) is 25.5 Å². The highest BCUT2D eigenvalue weighted by Gasteiger charge is 2.38. The van der Waals surface area contributed by atoms with Crippen LogP contribution in [0.15, 0.2) is 54.6 Å². The van der Waals surface area contributed by atoms with Crippen molar-refractivity contribution in [3.8, 4) is 0 Å². The van der Waals surface area contributed by atoms with Crippen molar-refractivity contribution in [2.24, 2.45) is 11.5 Å². The van der Waals surface area contributed by atoms with Gasteiger partial charge in [-0.25, -0.2) is 4.79 Å². The summed E-state index contributed by atoms with van der Waals surface area (Å²) in [7, 11) is 0. The van der Waals surface area contributed by atoms with E-state index in [1.54, 1.807) is 9.80 Å². The lowest BCUT2D eigenvalue weighted by atomic mass is 9.91. The minimum absolute atomic E-state index is 0.0808. The maximum absolute atomic E-state index is 12.6. The Balaban J connectivity index is 0.000000566. The number of alkyl halides is 3. The molecule has 2 amide bonds. The number of aliphatic carboxylic acids is 1. The molecule has 44 heavy (non-hydrogen) atoms. The summed E-state index contributed by atoms with van der Waals surface area (Å²) < 4.78 is 31.7. The molecule has 0 unspecified atom stereocenters. The molecule has 0 bridgehead atoms. The van der Waals surface area contributed by atoms with Gasteiger partial charge < -0.3 is 37.0 Å². The van der Waals surface area contributed by atoms with Crippen molar-refractivity contribution >= 4 is 41.1 Å². The summed E-state index contributed by atoms with van der Waals surface area (Å²) >= 11 is 0. The van der Waals surface area contributed by atoms with Crippen molar-refractivity contribution in [3.05, 3.63) is 77.1 Å². The summed E-state index contributed by atoms with van der Waals surface area (Å²) in [6.45, 7) is 2.85. The van der Waals surface area contributed by atoms with Gasteiger partial charge in [0.2, 0.25) is 0 Å². The SMILES string of the molecule is N=C(N)N1CC(c2ccc(NC(=O)c3cc(C(=O)Nc4ccc(C5CN(C(=N)N)C5)cc4)[nH]n3)cc2)C1.O=C(O)C(F)(F)F. The molecule has 2 aliphatic heterocycles. The third-order valence-corrected chi connectivity index (χ3v) is 7.02. The number of aromatic nitrogens is 2. The van der Waals surface area contributed by atoms with Gasteiger partial charge in [0, 0.05) is 55.5 Å². The van der Waals surface area contributed by atoms with Gasteiger partial charge in [0.15, 0.2) is 17.6 Å². The fourth-order valence-electron chi connectivity index (χ4n) is 4.40. The number of nitrogens with zero attached hydrogens (tertiary/aromatic N) is 3. The lowest BCUT2D eigenvalue weighted by Crippen LogP contribution is -2.51. The molecule has 1 aromatic heterocycles. The van der Waals surface area contributed by atoms with Crippen LogP contribution in [-0.4, -0.2) is 87.2 Å². The molecule has 2 aromatic carbocycles. The predicted molar refractivity (Wildman–Crippen MR) is 154 cm³/mol. The summed E-state index contributed by atoms with van der Waals surface area (Å²) in [5.41, 5.74) is 14.7. The molecule has 17 heteroatoms. The summed E-state index contributed by atoms with van der Waals surface area (Å²) in [4.78, 5) is 37.7. The zero-order chi connectivity index (χ0) is 32.2. The van der Waals surface area contributed by atoms with Gasteiger partial charge >= 0.3 is 12.1 Å². The molecule has 5 rings (SSSR count). The Labute approximate surface area is 248 Å². The molecular formula is C27H29F3N10O4. The second-order valence-electron chi connectivity index (χ2n) is 10.1. The van der Waals surface area contributed by atoms with Crippen LogP contribution < -0.4 is 22.1 Å². The van der Waals surface area contributed by atoms with Gasteiger partial charge in [-0.05, 0) is 35.4 Å². The highest BCUT2D eigenvalue weighted by Crippen LogP contribution is 2.28. The largest absolute Gasteiger partial charge is 0.490 e. The quantitative estimate of drug-likeness (QED) is 0.150. The molecule has 3 aromatic rings. The Morgan fingerprint density at radius 2 is 1.20 bits per heavy atom. The molecule has 0 saturated carbocycles. The van der Waals surface area contributed by atoms with Crippen LogP contribution in [-0.2, 0) is 4.79 Å². The van der Waals surface area contributed by atoms with Gasteiger partial charge in [-0.15, -0.1) is 0 Å². The summed E-state index contributed by atoms with van der Waals surface area (Å²) in [6.07, 6.45) is -5.08. The summed E-state index contributed by atoms with van der Waals surface area (Å²) in [6, 6.07) is 16.4. The molecule has 2 fully saturated rings. The topological polar surface area (TPSA) is 230 Å². The number of nitrogens with two attached hydrogens (primary N) is 2. The second-order valence-corrected chi connectivity index (χ2v) is 10.1. The van der Waals surface area contributed by atoms with Gasteiger partial charge in [-0.1, -0.05) is 24.3 Å². The molecule has 0 aliphatic carbocycles. The van der Waals surface area contributed by atoms with E-state index < -0.39 is 24.0 Å². The average molecular weight is 615 g/mol. The number of hydrogen-bond donors (Lipinski definition) is 8. The van der Waals surface area contributed by atoms with Crippen LogP contribution >= 0.6 is 0 Å². The molecule has 3 heterocycles. The van der Waals surface area contributed by atoms with Crippen molar-refractivity contribution in [2.45, 2.75) is 18.0 Å². The first kappa shape index (κ1) is 31.3. The van der Waals surface area contributed by atoms with E-state index in [4.69, 9.17) is 32.2 Å². The van der Waals surface area contributed by atoms with Crippen LogP contribution in [0.5, 0.6) is 0 Å². The number of anilines is 2. The Morgan fingerprint density at radius 3 is 1.57 bits per heavy atom. The Hall–Kier alpha value is -5.61. The number of amides is 2. The van der Waals surface area contributed by atoms with Crippen LogP contribution in [0.2, 0.25) is 0 Å². The normalized spacial score (nSPS) is 14.8. The van der Waals surface area contributed by atoms with Crippen LogP contribution in [0.4, 0.5) is 24.5 Å². The number of aromatic amines is 1.